The average Bonchev–Trinajstić information content (AvgIpc) is 3.19. The minimum atomic E-state index is 0.00282. The van der Waals surface area contributed by atoms with Crippen molar-refractivity contribution in [1.29, 1.82) is 0 Å². The lowest BCUT2D eigenvalue weighted by atomic mass is 10.2. The van der Waals surface area contributed by atoms with Gasteiger partial charge in [-0.15, -0.1) is 0 Å². The number of hydrogen-bond acceptors (Lipinski definition) is 3. The highest BCUT2D eigenvalue weighted by atomic mass is 35.5. The maximum Gasteiger partial charge on any atom is 0.239 e. The molecular formula is C16H24ClN3O. The number of nitrogens with zero attached hydrogens (tertiary/aromatic N) is 1. The maximum absolute atomic E-state index is 11.8. The molecule has 1 saturated carbocycles. The highest BCUT2D eigenvalue weighted by Gasteiger charge is 2.20. The van der Waals surface area contributed by atoms with Gasteiger partial charge >= 0.3 is 0 Å². The zero-order chi connectivity index (χ0) is 15.4. The van der Waals surface area contributed by atoms with Gasteiger partial charge in [0.15, 0.2) is 0 Å². The minimum Gasteiger partial charge on any atom is -0.364 e. The number of benzene rings is 1. The molecule has 0 unspecified atom stereocenters. The van der Waals surface area contributed by atoms with Crippen LogP contribution in [0.5, 0.6) is 0 Å². The molecule has 1 aromatic carbocycles. The van der Waals surface area contributed by atoms with Gasteiger partial charge in [0.25, 0.3) is 0 Å². The van der Waals surface area contributed by atoms with Crippen LogP contribution in [0.4, 0.5) is 5.69 Å². The molecule has 1 aromatic rings. The third-order valence-electron chi connectivity index (χ3n) is 3.43. The van der Waals surface area contributed by atoms with Crippen molar-refractivity contribution in [2.24, 2.45) is 0 Å². The number of hydrogen-bond donors (Lipinski definition) is 2. The van der Waals surface area contributed by atoms with Crippen molar-refractivity contribution in [3.05, 3.63) is 28.8 Å². The van der Waals surface area contributed by atoms with Crippen LogP contribution < -0.4 is 15.5 Å². The second kappa shape index (κ2) is 7.14. The number of nitrogens with one attached hydrogen (secondary N) is 2. The van der Waals surface area contributed by atoms with Gasteiger partial charge in [0.1, 0.15) is 0 Å². The molecule has 116 valence electrons. The Kier molecular flexibility index (Phi) is 5.48. The van der Waals surface area contributed by atoms with E-state index in [1.807, 2.05) is 37.9 Å². The summed E-state index contributed by atoms with van der Waals surface area (Å²) in [6, 6.07) is 6.86. The van der Waals surface area contributed by atoms with E-state index in [0.717, 1.165) is 12.2 Å². The van der Waals surface area contributed by atoms with Crippen molar-refractivity contribution in [3.8, 4) is 0 Å². The molecule has 0 heterocycles. The van der Waals surface area contributed by atoms with E-state index in [9.17, 15) is 4.79 Å². The summed E-state index contributed by atoms with van der Waals surface area (Å²) in [7, 11) is 1.88. The van der Waals surface area contributed by atoms with Crippen LogP contribution in [0.3, 0.4) is 0 Å². The monoisotopic (exact) mass is 309 g/mol. The predicted molar refractivity (Wildman–Crippen MR) is 87.9 cm³/mol. The molecule has 21 heavy (non-hydrogen) atoms. The van der Waals surface area contributed by atoms with E-state index >= 15 is 0 Å². The van der Waals surface area contributed by atoms with Crippen molar-refractivity contribution >= 4 is 23.2 Å². The van der Waals surface area contributed by atoms with Gasteiger partial charge < -0.3 is 15.5 Å². The van der Waals surface area contributed by atoms with E-state index in [1.54, 1.807) is 0 Å². The highest BCUT2D eigenvalue weighted by molar-refractivity contribution is 6.33. The number of rotatable bonds is 7. The summed E-state index contributed by atoms with van der Waals surface area (Å²) in [6.07, 6.45) is 2.55. The Morgan fingerprint density at radius 1 is 1.43 bits per heavy atom. The van der Waals surface area contributed by atoms with Crippen molar-refractivity contribution in [1.82, 2.24) is 10.6 Å². The van der Waals surface area contributed by atoms with Crippen molar-refractivity contribution in [3.63, 3.8) is 0 Å². The standard InChI is InChI=1S/C16H24ClN3O/c1-11(2)19-16(21)10-20(3)15-7-4-12(8-14(15)17)9-18-13-5-6-13/h4,7-8,11,13,18H,5-6,9-10H2,1-3H3,(H,19,21). The van der Waals surface area contributed by atoms with Crippen LogP contribution >= 0.6 is 11.6 Å². The Morgan fingerprint density at radius 3 is 2.71 bits per heavy atom. The number of likely N-dealkylation sites (N-methyl/N-ethyl adjacent to an activating group) is 1. The molecule has 4 nitrogen and oxygen atoms in total. The van der Waals surface area contributed by atoms with E-state index < -0.39 is 0 Å². The number of carbonyl (C=O) groups excluding carboxylic acids is 1. The van der Waals surface area contributed by atoms with Crippen LogP contribution in [0.1, 0.15) is 32.3 Å². The zero-order valence-electron chi connectivity index (χ0n) is 12.9. The van der Waals surface area contributed by atoms with E-state index in [1.165, 1.54) is 18.4 Å². The Hall–Kier alpha value is -1.26. The molecule has 1 fully saturated rings. The Balaban J connectivity index is 1.93. The van der Waals surface area contributed by atoms with E-state index in [4.69, 9.17) is 11.6 Å². The molecule has 1 amide bonds. The lowest BCUT2D eigenvalue weighted by Crippen LogP contribution is -2.38. The Labute approximate surface area is 131 Å². The number of amides is 1. The fourth-order valence-electron chi connectivity index (χ4n) is 2.19. The summed E-state index contributed by atoms with van der Waals surface area (Å²) in [5.74, 6) is 0.00282. The smallest absolute Gasteiger partial charge is 0.239 e. The zero-order valence-corrected chi connectivity index (χ0v) is 13.7. The van der Waals surface area contributed by atoms with Crippen LogP contribution in [0.15, 0.2) is 18.2 Å². The molecule has 0 radical (unpaired) electrons. The summed E-state index contributed by atoms with van der Waals surface area (Å²) in [6.45, 7) is 5.05. The molecule has 2 rings (SSSR count). The SMILES string of the molecule is CC(C)NC(=O)CN(C)c1ccc(CNC2CC2)cc1Cl. The first-order valence-corrected chi connectivity index (χ1v) is 7.86. The molecule has 2 N–H and O–H groups in total. The number of anilines is 1. The summed E-state index contributed by atoms with van der Waals surface area (Å²) in [5.41, 5.74) is 2.06. The average molecular weight is 310 g/mol. The van der Waals surface area contributed by atoms with Gasteiger partial charge in [-0.25, -0.2) is 0 Å². The molecule has 0 spiro atoms. The third-order valence-corrected chi connectivity index (χ3v) is 3.73. The maximum atomic E-state index is 11.8. The molecule has 1 aliphatic rings. The van der Waals surface area contributed by atoms with Gasteiger partial charge in [-0.1, -0.05) is 17.7 Å². The first-order valence-electron chi connectivity index (χ1n) is 7.48. The molecule has 0 bridgehead atoms. The van der Waals surface area contributed by atoms with Crippen molar-refractivity contribution < 1.29 is 4.79 Å². The fourth-order valence-corrected chi connectivity index (χ4v) is 2.54. The van der Waals surface area contributed by atoms with Gasteiger partial charge in [0.05, 0.1) is 17.3 Å². The molecule has 0 aromatic heterocycles. The first-order chi connectivity index (χ1) is 9.95. The second-order valence-corrected chi connectivity index (χ2v) is 6.43. The molecule has 0 atom stereocenters. The van der Waals surface area contributed by atoms with Crippen molar-refractivity contribution in [2.75, 3.05) is 18.5 Å². The Morgan fingerprint density at radius 2 is 2.14 bits per heavy atom. The van der Waals surface area contributed by atoms with Crippen LogP contribution in [0.2, 0.25) is 5.02 Å². The van der Waals surface area contributed by atoms with Gasteiger partial charge in [-0.05, 0) is 44.4 Å². The van der Waals surface area contributed by atoms with Crippen LogP contribution in [-0.4, -0.2) is 31.6 Å². The van der Waals surface area contributed by atoms with Crippen LogP contribution in [-0.2, 0) is 11.3 Å². The molecular weight excluding hydrogens is 286 g/mol. The number of carbonyl (C=O) groups is 1. The van der Waals surface area contributed by atoms with Gasteiger partial charge in [0.2, 0.25) is 5.91 Å². The summed E-state index contributed by atoms with van der Waals surface area (Å²) < 4.78 is 0. The second-order valence-electron chi connectivity index (χ2n) is 6.02. The summed E-state index contributed by atoms with van der Waals surface area (Å²) in [4.78, 5) is 13.7. The van der Waals surface area contributed by atoms with E-state index in [2.05, 4.69) is 16.7 Å². The summed E-state index contributed by atoms with van der Waals surface area (Å²) in [5, 5.41) is 7.03. The number of halogens is 1. The molecule has 0 saturated heterocycles. The van der Waals surface area contributed by atoms with Crippen molar-refractivity contribution in [2.45, 2.75) is 45.3 Å². The van der Waals surface area contributed by atoms with Crippen LogP contribution in [0.25, 0.3) is 0 Å². The lowest BCUT2D eigenvalue weighted by molar-refractivity contribution is -0.120. The summed E-state index contributed by atoms with van der Waals surface area (Å²) >= 11 is 6.34. The lowest BCUT2D eigenvalue weighted by Gasteiger charge is -2.21. The minimum absolute atomic E-state index is 0.00282. The molecule has 0 aliphatic heterocycles. The van der Waals surface area contributed by atoms with Gasteiger partial charge in [0, 0.05) is 25.7 Å². The quantitative estimate of drug-likeness (QED) is 0.813. The van der Waals surface area contributed by atoms with Gasteiger partial charge in [-0.3, -0.25) is 4.79 Å². The third kappa shape index (κ3) is 5.21. The Bertz CT molecular complexity index is 500. The first kappa shape index (κ1) is 16.1. The fraction of sp³-hybridized carbons (Fsp3) is 0.562. The largest absolute Gasteiger partial charge is 0.364 e. The van der Waals surface area contributed by atoms with Crippen LogP contribution in [0, 0.1) is 0 Å². The molecule has 5 heteroatoms. The molecule has 1 aliphatic carbocycles. The normalized spacial score (nSPS) is 14.3. The topological polar surface area (TPSA) is 44.4 Å². The highest BCUT2D eigenvalue weighted by Crippen LogP contribution is 2.26. The van der Waals surface area contributed by atoms with E-state index in [0.29, 0.717) is 17.6 Å². The van der Waals surface area contributed by atoms with E-state index in [-0.39, 0.29) is 11.9 Å². The van der Waals surface area contributed by atoms with Gasteiger partial charge in [-0.2, -0.15) is 0 Å². The predicted octanol–water partition coefficient (Wildman–Crippen LogP) is 2.55.